The third kappa shape index (κ3) is 4.00. The maximum atomic E-state index is 12.2. The van der Waals surface area contributed by atoms with Gasteiger partial charge in [-0.25, -0.2) is 0 Å². The summed E-state index contributed by atoms with van der Waals surface area (Å²) in [4.78, 5) is 20.5. The van der Waals surface area contributed by atoms with Crippen LogP contribution in [0.1, 0.15) is 24.4 Å². The van der Waals surface area contributed by atoms with E-state index in [4.69, 9.17) is 4.42 Å². The van der Waals surface area contributed by atoms with Gasteiger partial charge in [0.25, 0.3) is 5.91 Å². The van der Waals surface area contributed by atoms with E-state index in [9.17, 15) is 4.79 Å². The molecule has 2 rings (SSSR count). The zero-order valence-corrected chi connectivity index (χ0v) is 13.0. The fourth-order valence-electron chi connectivity index (χ4n) is 2.31. The van der Waals surface area contributed by atoms with Gasteiger partial charge in [0.15, 0.2) is 11.7 Å². The summed E-state index contributed by atoms with van der Waals surface area (Å²) >= 11 is 0. The summed E-state index contributed by atoms with van der Waals surface area (Å²) in [5, 5.41) is 3.36. The predicted octanol–water partition coefficient (Wildman–Crippen LogP) is 1.27. The van der Waals surface area contributed by atoms with Gasteiger partial charge in [0.05, 0.1) is 6.26 Å². The second kappa shape index (κ2) is 7.15. The maximum Gasteiger partial charge on any atom is 0.289 e. The Morgan fingerprint density at radius 2 is 2.00 bits per heavy atom. The number of guanidine groups is 1. The van der Waals surface area contributed by atoms with E-state index in [1.165, 1.54) is 6.26 Å². The number of aliphatic imine (C=N–C) groups is 1. The van der Waals surface area contributed by atoms with Crippen molar-refractivity contribution in [2.24, 2.45) is 10.9 Å². The van der Waals surface area contributed by atoms with Gasteiger partial charge in [0.1, 0.15) is 0 Å². The van der Waals surface area contributed by atoms with E-state index in [2.05, 4.69) is 29.1 Å². The van der Waals surface area contributed by atoms with Crippen LogP contribution in [-0.2, 0) is 0 Å². The zero-order valence-electron chi connectivity index (χ0n) is 13.0. The Hall–Kier alpha value is -1.98. The molecule has 6 nitrogen and oxygen atoms in total. The van der Waals surface area contributed by atoms with Crippen LogP contribution in [0.15, 0.2) is 27.8 Å². The van der Waals surface area contributed by atoms with Crippen LogP contribution in [-0.4, -0.2) is 61.4 Å². The highest BCUT2D eigenvalue weighted by atomic mass is 16.3. The molecule has 1 fully saturated rings. The molecule has 1 aromatic rings. The fraction of sp³-hybridized carbons (Fsp3) is 0.600. The first kappa shape index (κ1) is 15.4. The Bertz CT molecular complexity index is 474. The largest absolute Gasteiger partial charge is 0.459 e. The molecule has 0 aliphatic carbocycles. The summed E-state index contributed by atoms with van der Waals surface area (Å²) in [6.45, 7) is 8.16. The van der Waals surface area contributed by atoms with Crippen LogP contribution >= 0.6 is 0 Å². The van der Waals surface area contributed by atoms with E-state index in [1.807, 2.05) is 4.90 Å². The van der Waals surface area contributed by atoms with Gasteiger partial charge < -0.3 is 19.5 Å². The third-order valence-corrected chi connectivity index (χ3v) is 3.48. The van der Waals surface area contributed by atoms with Crippen molar-refractivity contribution in [2.75, 3.05) is 39.8 Å². The molecule has 6 heteroatoms. The number of piperazine rings is 1. The summed E-state index contributed by atoms with van der Waals surface area (Å²) in [7, 11) is 1.79. The summed E-state index contributed by atoms with van der Waals surface area (Å²) in [5.41, 5.74) is 0. The monoisotopic (exact) mass is 292 g/mol. The number of amides is 1. The van der Waals surface area contributed by atoms with Crippen LogP contribution in [0.3, 0.4) is 0 Å². The van der Waals surface area contributed by atoms with Crippen molar-refractivity contribution in [1.82, 2.24) is 15.1 Å². The maximum absolute atomic E-state index is 12.2. The molecule has 1 saturated heterocycles. The Balaban J connectivity index is 1.86. The molecule has 116 valence electrons. The molecular weight excluding hydrogens is 268 g/mol. The Morgan fingerprint density at radius 3 is 2.52 bits per heavy atom. The SMILES string of the molecule is CN=C(NCC(C)C)N1CCN(C(=O)c2ccco2)CC1. The number of carbonyl (C=O) groups excluding carboxylic acids is 1. The van der Waals surface area contributed by atoms with Gasteiger partial charge in [-0.3, -0.25) is 9.79 Å². The highest BCUT2D eigenvalue weighted by molar-refractivity contribution is 5.91. The smallest absolute Gasteiger partial charge is 0.289 e. The second-order valence-corrected chi connectivity index (χ2v) is 5.58. The molecule has 0 atom stereocenters. The molecular formula is C15H24N4O2. The third-order valence-electron chi connectivity index (χ3n) is 3.48. The van der Waals surface area contributed by atoms with Gasteiger partial charge in [-0.05, 0) is 18.1 Å². The van der Waals surface area contributed by atoms with Gasteiger partial charge in [-0.15, -0.1) is 0 Å². The lowest BCUT2D eigenvalue weighted by atomic mass is 10.2. The molecule has 1 aromatic heterocycles. The first-order valence-corrected chi connectivity index (χ1v) is 7.40. The van der Waals surface area contributed by atoms with Crippen molar-refractivity contribution >= 4 is 11.9 Å². The lowest BCUT2D eigenvalue weighted by Crippen LogP contribution is -2.54. The molecule has 1 amide bonds. The van der Waals surface area contributed by atoms with Crippen LogP contribution in [0.4, 0.5) is 0 Å². The number of carbonyl (C=O) groups is 1. The van der Waals surface area contributed by atoms with E-state index in [-0.39, 0.29) is 5.91 Å². The van der Waals surface area contributed by atoms with Crippen molar-refractivity contribution in [3.63, 3.8) is 0 Å². The highest BCUT2D eigenvalue weighted by Crippen LogP contribution is 2.09. The Kier molecular flexibility index (Phi) is 5.25. The molecule has 21 heavy (non-hydrogen) atoms. The van der Waals surface area contributed by atoms with Crippen LogP contribution in [0.5, 0.6) is 0 Å². The molecule has 1 N–H and O–H groups in total. The number of nitrogens with one attached hydrogen (secondary N) is 1. The van der Waals surface area contributed by atoms with Crippen LogP contribution in [0.2, 0.25) is 0 Å². The Morgan fingerprint density at radius 1 is 1.33 bits per heavy atom. The molecule has 0 aromatic carbocycles. The van der Waals surface area contributed by atoms with Crippen molar-refractivity contribution in [3.05, 3.63) is 24.2 Å². The van der Waals surface area contributed by atoms with E-state index in [0.29, 0.717) is 24.8 Å². The lowest BCUT2D eigenvalue weighted by Gasteiger charge is -2.36. The van der Waals surface area contributed by atoms with Gasteiger partial charge in [0.2, 0.25) is 0 Å². The minimum Gasteiger partial charge on any atom is -0.459 e. The molecule has 0 radical (unpaired) electrons. The van der Waals surface area contributed by atoms with Crippen LogP contribution < -0.4 is 5.32 Å². The molecule has 2 heterocycles. The minimum atomic E-state index is -0.0372. The van der Waals surface area contributed by atoms with Crippen LogP contribution in [0, 0.1) is 5.92 Å². The first-order valence-electron chi connectivity index (χ1n) is 7.40. The summed E-state index contributed by atoms with van der Waals surface area (Å²) in [6.07, 6.45) is 1.53. The average Bonchev–Trinajstić information content (AvgIpc) is 3.02. The van der Waals surface area contributed by atoms with Crippen molar-refractivity contribution in [3.8, 4) is 0 Å². The summed E-state index contributed by atoms with van der Waals surface area (Å²) in [6, 6.07) is 3.44. The summed E-state index contributed by atoms with van der Waals surface area (Å²) < 4.78 is 5.17. The predicted molar refractivity (Wildman–Crippen MR) is 82.4 cm³/mol. The average molecular weight is 292 g/mol. The van der Waals surface area contributed by atoms with Crippen molar-refractivity contribution in [1.29, 1.82) is 0 Å². The molecule has 1 aliphatic heterocycles. The van der Waals surface area contributed by atoms with Gasteiger partial charge in [-0.1, -0.05) is 13.8 Å². The standard InChI is InChI=1S/C15H24N4O2/c1-12(2)11-17-15(16-3)19-8-6-18(7-9-19)14(20)13-5-4-10-21-13/h4-5,10,12H,6-9,11H2,1-3H3,(H,16,17). The number of furan rings is 1. The van der Waals surface area contributed by atoms with E-state index >= 15 is 0 Å². The highest BCUT2D eigenvalue weighted by Gasteiger charge is 2.25. The van der Waals surface area contributed by atoms with Crippen molar-refractivity contribution in [2.45, 2.75) is 13.8 Å². The number of rotatable bonds is 3. The number of hydrogen-bond donors (Lipinski definition) is 1. The van der Waals surface area contributed by atoms with E-state index in [0.717, 1.165) is 25.6 Å². The lowest BCUT2D eigenvalue weighted by molar-refractivity contribution is 0.0657. The molecule has 0 saturated carbocycles. The van der Waals surface area contributed by atoms with Gasteiger partial charge in [0, 0.05) is 39.8 Å². The van der Waals surface area contributed by atoms with Crippen LogP contribution in [0.25, 0.3) is 0 Å². The molecule has 0 bridgehead atoms. The quantitative estimate of drug-likeness (QED) is 0.673. The molecule has 1 aliphatic rings. The summed E-state index contributed by atoms with van der Waals surface area (Å²) in [5.74, 6) is 1.85. The van der Waals surface area contributed by atoms with Gasteiger partial charge >= 0.3 is 0 Å². The minimum absolute atomic E-state index is 0.0372. The second-order valence-electron chi connectivity index (χ2n) is 5.58. The number of nitrogens with zero attached hydrogens (tertiary/aromatic N) is 3. The zero-order chi connectivity index (χ0) is 15.2. The topological polar surface area (TPSA) is 61.1 Å². The van der Waals surface area contributed by atoms with Crippen molar-refractivity contribution < 1.29 is 9.21 Å². The normalized spacial score (nSPS) is 16.5. The first-order chi connectivity index (χ1) is 10.1. The van der Waals surface area contributed by atoms with E-state index < -0.39 is 0 Å². The molecule has 0 spiro atoms. The molecule has 0 unspecified atom stereocenters. The number of hydrogen-bond acceptors (Lipinski definition) is 3. The Labute approximate surface area is 125 Å². The van der Waals surface area contributed by atoms with E-state index in [1.54, 1.807) is 19.2 Å². The van der Waals surface area contributed by atoms with Gasteiger partial charge in [-0.2, -0.15) is 0 Å². The fourth-order valence-corrected chi connectivity index (χ4v) is 2.31.